The largest absolute Gasteiger partial charge is 0.383 e. The molecule has 1 aromatic heterocycles. The molecule has 2 heterocycles. The molecule has 0 bridgehead atoms. The van der Waals surface area contributed by atoms with Gasteiger partial charge < -0.3 is 20.6 Å². The van der Waals surface area contributed by atoms with Crippen LogP contribution in [0, 0.1) is 5.92 Å². The number of urea groups is 1. The summed E-state index contributed by atoms with van der Waals surface area (Å²) in [7, 11) is 1.80. The van der Waals surface area contributed by atoms with E-state index in [-0.39, 0.29) is 12.6 Å². The Labute approximate surface area is 137 Å². The zero-order valence-corrected chi connectivity index (χ0v) is 14.0. The fraction of sp³-hybridized carbons (Fsp3) is 0.750. The summed E-state index contributed by atoms with van der Waals surface area (Å²) in [4.78, 5) is 14.5. The first-order valence-corrected chi connectivity index (χ1v) is 8.41. The van der Waals surface area contributed by atoms with Crippen molar-refractivity contribution in [3.63, 3.8) is 0 Å². The topological polar surface area (TPSA) is 82.4 Å². The van der Waals surface area contributed by atoms with Crippen LogP contribution >= 0.6 is 0 Å². The molecule has 3 N–H and O–H groups in total. The third-order valence-electron chi connectivity index (χ3n) is 4.85. The molecule has 7 nitrogen and oxygen atoms in total. The Morgan fingerprint density at radius 2 is 2.22 bits per heavy atom. The van der Waals surface area contributed by atoms with Gasteiger partial charge in [0.2, 0.25) is 0 Å². The molecule has 2 amide bonds. The van der Waals surface area contributed by atoms with E-state index < -0.39 is 5.60 Å². The lowest BCUT2D eigenvalue weighted by Gasteiger charge is -2.22. The number of hydrogen-bond donors (Lipinski definition) is 3. The highest BCUT2D eigenvalue weighted by atomic mass is 16.3. The lowest BCUT2D eigenvalue weighted by atomic mass is 10.00. The maximum atomic E-state index is 11.9. The van der Waals surface area contributed by atoms with Crippen LogP contribution in [0.1, 0.15) is 31.7 Å². The zero-order chi connectivity index (χ0) is 16.4. The van der Waals surface area contributed by atoms with Crippen molar-refractivity contribution in [1.29, 1.82) is 0 Å². The van der Waals surface area contributed by atoms with E-state index in [0.717, 1.165) is 25.6 Å². The van der Waals surface area contributed by atoms with Crippen molar-refractivity contribution >= 4 is 6.03 Å². The highest BCUT2D eigenvalue weighted by molar-refractivity contribution is 5.73. The van der Waals surface area contributed by atoms with Crippen molar-refractivity contribution in [2.45, 2.75) is 37.8 Å². The first-order valence-electron chi connectivity index (χ1n) is 8.41. The van der Waals surface area contributed by atoms with Crippen molar-refractivity contribution in [3.05, 3.63) is 18.0 Å². The SMILES string of the molecule is Cn1cc(C(C)(O)CNC(=O)NCC2CCN(C3CC3)C2)cn1. The highest BCUT2D eigenvalue weighted by Crippen LogP contribution is 2.31. The normalized spacial score (nSPS) is 24.4. The Morgan fingerprint density at radius 1 is 1.43 bits per heavy atom. The Bertz CT molecular complexity index is 552. The van der Waals surface area contributed by atoms with E-state index in [4.69, 9.17) is 0 Å². The fourth-order valence-electron chi connectivity index (χ4n) is 3.15. The number of rotatable bonds is 6. The van der Waals surface area contributed by atoms with Crippen LogP contribution in [0.25, 0.3) is 0 Å². The molecule has 3 rings (SSSR count). The van der Waals surface area contributed by atoms with Crippen LogP contribution in [0.5, 0.6) is 0 Å². The summed E-state index contributed by atoms with van der Waals surface area (Å²) in [6.45, 7) is 4.79. The molecule has 0 aromatic carbocycles. The number of aryl methyl sites for hydroxylation is 1. The van der Waals surface area contributed by atoms with Gasteiger partial charge in [-0.25, -0.2) is 4.79 Å². The number of aliphatic hydroxyl groups is 1. The summed E-state index contributed by atoms with van der Waals surface area (Å²) in [5.41, 5.74) is -0.432. The summed E-state index contributed by atoms with van der Waals surface area (Å²) >= 11 is 0. The Morgan fingerprint density at radius 3 is 2.87 bits per heavy atom. The van der Waals surface area contributed by atoms with Gasteiger partial charge >= 0.3 is 6.03 Å². The molecule has 1 saturated heterocycles. The average Bonchev–Trinajstić information content (AvgIpc) is 3.08. The second-order valence-electron chi connectivity index (χ2n) is 7.12. The smallest absolute Gasteiger partial charge is 0.314 e. The minimum atomic E-state index is -1.12. The van der Waals surface area contributed by atoms with Crippen LogP contribution < -0.4 is 10.6 Å². The molecular formula is C16H27N5O2. The van der Waals surface area contributed by atoms with Crippen molar-refractivity contribution in [1.82, 2.24) is 25.3 Å². The average molecular weight is 321 g/mol. The first-order chi connectivity index (χ1) is 10.9. The summed E-state index contributed by atoms with van der Waals surface area (Å²) in [6, 6.07) is 0.586. The second kappa shape index (κ2) is 6.49. The van der Waals surface area contributed by atoms with E-state index in [1.54, 1.807) is 31.0 Å². The van der Waals surface area contributed by atoms with Crippen LogP contribution in [0.2, 0.25) is 0 Å². The van der Waals surface area contributed by atoms with Gasteiger partial charge in [-0.1, -0.05) is 0 Å². The van der Waals surface area contributed by atoms with Gasteiger partial charge in [0.1, 0.15) is 5.60 Å². The highest BCUT2D eigenvalue weighted by Gasteiger charge is 2.34. The van der Waals surface area contributed by atoms with E-state index in [1.807, 2.05) is 0 Å². The van der Waals surface area contributed by atoms with E-state index in [2.05, 4.69) is 20.6 Å². The number of carbonyl (C=O) groups is 1. The van der Waals surface area contributed by atoms with E-state index in [9.17, 15) is 9.90 Å². The molecule has 2 fully saturated rings. The van der Waals surface area contributed by atoms with Gasteiger partial charge in [-0.2, -0.15) is 5.10 Å². The maximum Gasteiger partial charge on any atom is 0.314 e. The molecule has 23 heavy (non-hydrogen) atoms. The van der Waals surface area contributed by atoms with Gasteiger partial charge in [0.05, 0.1) is 12.7 Å². The number of nitrogens with zero attached hydrogens (tertiary/aromatic N) is 3. The molecule has 0 radical (unpaired) electrons. The van der Waals surface area contributed by atoms with E-state index >= 15 is 0 Å². The van der Waals surface area contributed by atoms with Crippen molar-refractivity contribution < 1.29 is 9.90 Å². The minimum Gasteiger partial charge on any atom is -0.383 e. The number of hydrogen-bond acceptors (Lipinski definition) is 4. The molecule has 2 unspecified atom stereocenters. The molecule has 0 spiro atoms. The van der Waals surface area contributed by atoms with Gasteiger partial charge in [0.15, 0.2) is 0 Å². The molecule has 1 aliphatic carbocycles. The Balaban J connectivity index is 1.37. The van der Waals surface area contributed by atoms with Gasteiger partial charge in [-0.15, -0.1) is 0 Å². The summed E-state index contributed by atoms with van der Waals surface area (Å²) < 4.78 is 1.63. The predicted molar refractivity (Wildman–Crippen MR) is 86.9 cm³/mol. The molecule has 7 heteroatoms. The van der Waals surface area contributed by atoms with Crippen LogP contribution in [-0.4, -0.2) is 58.0 Å². The van der Waals surface area contributed by atoms with Gasteiger partial charge in [0.25, 0.3) is 0 Å². The number of carbonyl (C=O) groups excluding carboxylic acids is 1. The summed E-state index contributed by atoms with van der Waals surface area (Å²) in [5, 5.41) is 20.2. The Kier molecular flexibility index (Phi) is 4.59. The maximum absolute atomic E-state index is 11.9. The zero-order valence-electron chi connectivity index (χ0n) is 14.0. The minimum absolute atomic E-state index is 0.156. The number of aromatic nitrogens is 2. The molecule has 1 saturated carbocycles. The fourth-order valence-corrected chi connectivity index (χ4v) is 3.15. The molecule has 2 atom stereocenters. The summed E-state index contributed by atoms with van der Waals surface area (Å²) in [6.07, 6.45) is 7.20. The van der Waals surface area contributed by atoms with Crippen molar-refractivity contribution in [2.24, 2.45) is 13.0 Å². The van der Waals surface area contributed by atoms with Crippen molar-refractivity contribution in [3.8, 4) is 0 Å². The first kappa shape index (κ1) is 16.3. The lowest BCUT2D eigenvalue weighted by Crippen LogP contribution is -2.44. The third-order valence-corrected chi connectivity index (χ3v) is 4.85. The Hall–Kier alpha value is -1.60. The predicted octanol–water partition coefficient (Wildman–Crippen LogP) is 0.411. The number of nitrogens with one attached hydrogen (secondary N) is 2. The van der Waals surface area contributed by atoms with Crippen LogP contribution in [0.15, 0.2) is 12.4 Å². The summed E-state index contributed by atoms with van der Waals surface area (Å²) in [5.74, 6) is 0.542. The van der Waals surface area contributed by atoms with Crippen LogP contribution in [-0.2, 0) is 12.6 Å². The second-order valence-corrected chi connectivity index (χ2v) is 7.12. The third kappa shape index (κ3) is 4.23. The molecule has 128 valence electrons. The lowest BCUT2D eigenvalue weighted by molar-refractivity contribution is 0.0593. The molecule has 1 aromatic rings. The van der Waals surface area contributed by atoms with Crippen molar-refractivity contribution in [2.75, 3.05) is 26.2 Å². The standard InChI is InChI=1S/C16H27N5O2/c1-16(23,13-8-19-20(2)10-13)11-18-15(22)17-7-12-5-6-21(9-12)14-3-4-14/h8,10,12,14,23H,3-7,9,11H2,1-2H3,(H2,17,18,22). The van der Waals surface area contributed by atoms with E-state index in [1.165, 1.54) is 12.8 Å². The molecule has 1 aliphatic heterocycles. The van der Waals surface area contributed by atoms with Gasteiger partial charge in [0, 0.05) is 37.9 Å². The monoisotopic (exact) mass is 321 g/mol. The quantitative estimate of drug-likeness (QED) is 0.709. The number of amides is 2. The van der Waals surface area contributed by atoms with Crippen LogP contribution in [0.3, 0.4) is 0 Å². The van der Waals surface area contributed by atoms with E-state index in [0.29, 0.717) is 18.0 Å². The van der Waals surface area contributed by atoms with Gasteiger partial charge in [-0.3, -0.25) is 4.68 Å². The molecule has 2 aliphatic rings. The van der Waals surface area contributed by atoms with Gasteiger partial charge in [-0.05, 0) is 38.6 Å². The van der Waals surface area contributed by atoms with Crippen LogP contribution in [0.4, 0.5) is 4.79 Å². The molecular weight excluding hydrogens is 294 g/mol. The number of likely N-dealkylation sites (tertiary alicyclic amines) is 1.